The fraction of sp³-hybridized carbons (Fsp3) is 0.500. The Bertz CT molecular complexity index is 1100. The predicted molar refractivity (Wildman–Crippen MR) is 130 cm³/mol. The van der Waals surface area contributed by atoms with Gasteiger partial charge in [0.1, 0.15) is 5.75 Å². The van der Waals surface area contributed by atoms with Gasteiger partial charge in [-0.25, -0.2) is 0 Å². The fourth-order valence-corrected chi connectivity index (χ4v) is 5.01. The highest BCUT2D eigenvalue weighted by Gasteiger charge is 2.42. The highest BCUT2D eigenvalue weighted by molar-refractivity contribution is 7.85. The lowest BCUT2D eigenvalue weighted by atomic mass is 9.74. The lowest BCUT2D eigenvalue weighted by Gasteiger charge is -2.32. The Morgan fingerprint density at radius 3 is 2.61 bits per heavy atom. The number of hydrogen-bond donors (Lipinski definition) is 0. The van der Waals surface area contributed by atoms with Gasteiger partial charge in [0.15, 0.2) is 0 Å². The van der Waals surface area contributed by atoms with Crippen molar-refractivity contribution in [2.75, 3.05) is 26.0 Å². The molecule has 0 aliphatic carbocycles. The second-order valence-corrected chi connectivity index (χ2v) is 11.1. The van der Waals surface area contributed by atoms with Crippen LogP contribution in [0.25, 0.3) is 0 Å². The molecule has 0 saturated carbocycles. The van der Waals surface area contributed by atoms with Crippen LogP contribution in [0.1, 0.15) is 48.9 Å². The van der Waals surface area contributed by atoms with Crippen LogP contribution in [0.3, 0.4) is 0 Å². The Labute approximate surface area is 198 Å². The van der Waals surface area contributed by atoms with E-state index in [1.54, 1.807) is 0 Å². The van der Waals surface area contributed by atoms with Gasteiger partial charge in [-0.2, -0.15) is 8.42 Å². The third-order valence-electron chi connectivity index (χ3n) is 6.17. The van der Waals surface area contributed by atoms with Crippen molar-refractivity contribution in [2.45, 2.75) is 58.5 Å². The summed E-state index contributed by atoms with van der Waals surface area (Å²) in [7, 11) is -3.52. The highest BCUT2D eigenvalue weighted by Crippen LogP contribution is 2.40. The van der Waals surface area contributed by atoms with Crippen LogP contribution in [-0.4, -0.2) is 51.3 Å². The fourth-order valence-electron chi connectivity index (χ4n) is 4.63. The number of nitrogens with zero attached hydrogens (tertiary/aromatic N) is 1. The van der Waals surface area contributed by atoms with Gasteiger partial charge < -0.3 is 9.64 Å². The number of ether oxygens (including phenoxy) is 1. The molecule has 180 valence electrons. The maximum absolute atomic E-state index is 13.2. The van der Waals surface area contributed by atoms with Crippen molar-refractivity contribution in [2.24, 2.45) is 0 Å². The van der Waals surface area contributed by atoms with Crippen LogP contribution in [0.2, 0.25) is 0 Å². The monoisotopic (exact) mass is 473 g/mol. The summed E-state index contributed by atoms with van der Waals surface area (Å²) in [6, 6.07) is 14.0. The lowest BCUT2D eigenvalue weighted by molar-refractivity contribution is -0.129. The van der Waals surface area contributed by atoms with Crippen molar-refractivity contribution < 1.29 is 22.1 Å². The largest absolute Gasteiger partial charge is 0.491 e. The minimum Gasteiger partial charge on any atom is -0.491 e. The van der Waals surface area contributed by atoms with E-state index in [0.29, 0.717) is 25.9 Å². The van der Waals surface area contributed by atoms with Crippen molar-refractivity contribution >= 4 is 16.0 Å². The first-order valence-corrected chi connectivity index (χ1v) is 13.2. The van der Waals surface area contributed by atoms with E-state index in [1.165, 1.54) is 5.56 Å². The molecular weight excluding hydrogens is 438 g/mol. The van der Waals surface area contributed by atoms with Gasteiger partial charge in [-0.3, -0.25) is 8.98 Å². The van der Waals surface area contributed by atoms with Crippen LogP contribution in [-0.2, 0) is 30.9 Å². The number of aryl methyl sites for hydroxylation is 2. The summed E-state index contributed by atoms with van der Waals surface area (Å²) >= 11 is 0. The first-order chi connectivity index (χ1) is 15.5. The van der Waals surface area contributed by atoms with Crippen LogP contribution in [0, 0.1) is 13.8 Å². The first kappa shape index (κ1) is 25.2. The number of carbonyl (C=O) groups is 1. The predicted octanol–water partition coefficient (Wildman–Crippen LogP) is 4.17. The second-order valence-electron chi connectivity index (χ2n) is 9.43. The number of amides is 1. The zero-order valence-electron chi connectivity index (χ0n) is 20.3. The molecule has 7 heteroatoms. The minimum absolute atomic E-state index is 0.0629. The van der Waals surface area contributed by atoms with Gasteiger partial charge >= 0.3 is 0 Å². The normalized spacial score (nSPS) is 18.7. The molecule has 0 spiro atoms. The Hall–Kier alpha value is -2.38. The number of hydrogen-bond acceptors (Lipinski definition) is 5. The van der Waals surface area contributed by atoms with Crippen LogP contribution < -0.4 is 4.74 Å². The summed E-state index contributed by atoms with van der Waals surface area (Å²) in [4.78, 5) is 15.1. The Morgan fingerprint density at radius 2 is 1.91 bits per heavy atom. The number of carbonyl (C=O) groups excluding carboxylic acids is 1. The van der Waals surface area contributed by atoms with Gasteiger partial charge in [0.25, 0.3) is 10.1 Å². The van der Waals surface area contributed by atoms with E-state index in [1.807, 2.05) is 49.9 Å². The van der Waals surface area contributed by atoms with E-state index in [-0.39, 0.29) is 24.0 Å². The molecule has 2 aromatic rings. The molecule has 1 fully saturated rings. The van der Waals surface area contributed by atoms with Crippen molar-refractivity contribution in [1.82, 2.24) is 4.90 Å². The van der Waals surface area contributed by atoms with Crippen LogP contribution in [0.4, 0.5) is 0 Å². The van der Waals surface area contributed by atoms with Crippen LogP contribution >= 0.6 is 0 Å². The first-order valence-electron chi connectivity index (χ1n) is 11.4. The summed E-state index contributed by atoms with van der Waals surface area (Å²) in [5, 5.41) is 0. The zero-order valence-corrected chi connectivity index (χ0v) is 21.1. The van der Waals surface area contributed by atoms with Gasteiger partial charge in [-0.05, 0) is 69.4 Å². The van der Waals surface area contributed by atoms with E-state index >= 15 is 0 Å². The molecule has 1 amide bonds. The molecule has 6 nitrogen and oxygen atoms in total. The molecule has 2 aromatic carbocycles. The Morgan fingerprint density at radius 1 is 1.15 bits per heavy atom. The molecule has 0 N–H and O–H groups in total. The Balaban J connectivity index is 1.79. The molecule has 3 rings (SSSR count). The van der Waals surface area contributed by atoms with Gasteiger partial charge in [0.2, 0.25) is 5.91 Å². The number of rotatable bonds is 9. The van der Waals surface area contributed by atoms with E-state index < -0.39 is 10.1 Å². The number of benzene rings is 2. The zero-order chi connectivity index (χ0) is 24.2. The molecule has 0 aromatic heterocycles. The topological polar surface area (TPSA) is 72.9 Å². The average Bonchev–Trinajstić information content (AvgIpc) is 3.14. The van der Waals surface area contributed by atoms with E-state index in [2.05, 4.69) is 25.1 Å². The maximum atomic E-state index is 13.2. The summed E-state index contributed by atoms with van der Waals surface area (Å²) in [5.74, 6) is 0.826. The standard InChI is InChI=1S/C26H35NO5S/c1-19(2)32-23-8-6-7-22(16-23)17-25(28)27-13-11-26(18-27,12-14-31-33(5,29)30)24-15-20(3)9-10-21(24)4/h6-10,15-16,19H,11-14,17-18H2,1-5H3/t26-/m1/s1. The average molecular weight is 474 g/mol. The number of likely N-dealkylation sites (tertiary alicyclic amines) is 1. The smallest absolute Gasteiger partial charge is 0.264 e. The van der Waals surface area contributed by atoms with Crippen molar-refractivity contribution in [3.63, 3.8) is 0 Å². The molecule has 1 atom stereocenters. The summed E-state index contributed by atoms with van der Waals surface area (Å²) in [6.45, 7) is 9.35. The van der Waals surface area contributed by atoms with Gasteiger partial charge in [0.05, 0.1) is 25.4 Å². The molecule has 1 saturated heterocycles. The summed E-state index contributed by atoms with van der Waals surface area (Å²) in [6.07, 6.45) is 2.75. The van der Waals surface area contributed by atoms with Gasteiger partial charge in [-0.1, -0.05) is 35.9 Å². The SMILES string of the molecule is Cc1ccc(C)c([C@@]2(CCOS(C)(=O)=O)CCN(C(=O)Cc3cccc(OC(C)C)c3)C2)c1. The molecule has 0 radical (unpaired) electrons. The van der Waals surface area contributed by atoms with Crippen molar-refractivity contribution in [3.8, 4) is 5.75 Å². The Kier molecular flexibility index (Phi) is 7.85. The molecular formula is C26H35NO5S. The van der Waals surface area contributed by atoms with E-state index in [0.717, 1.165) is 35.1 Å². The van der Waals surface area contributed by atoms with Crippen LogP contribution in [0.15, 0.2) is 42.5 Å². The third kappa shape index (κ3) is 6.81. The third-order valence-corrected chi connectivity index (χ3v) is 6.77. The summed E-state index contributed by atoms with van der Waals surface area (Å²) in [5.41, 5.74) is 4.04. The molecule has 33 heavy (non-hydrogen) atoms. The minimum atomic E-state index is -3.52. The van der Waals surface area contributed by atoms with E-state index in [9.17, 15) is 13.2 Å². The second kappa shape index (κ2) is 10.3. The van der Waals surface area contributed by atoms with Gasteiger partial charge in [0, 0.05) is 18.5 Å². The molecule has 1 aliphatic heterocycles. The van der Waals surface area contributed by atoms with Crippen molar-refractivity contribution in [3.05, 3.63) is 64.7 Å². The highest BCUT2D eigenvalue weighted by atomic mass is 32.2. The molecule has 1 heterocycles. The van der Waals surface area contributed by atoms with Crippen LogP contribution in [0.5, 0.6) is 5.75 Å². The van der Waals surface area contributed by atoms with Gasteiger partial charge in [-0.15, -0.1) is 0 Å². The summed E-state index contributed by atoms with van der Waals surface area (Å²) < 4.78 is 33.9. The lowest BCUT2D eigenvalue weighted by Crippen LogP contribution is -2.36. The quantitative estimate of drug-likeness (QED) is 0.511. The molecule has 0 bridgehead atoms. The maximum Gasteiger partial charge on any atom is 0.264 e. The molecule has 1 aliphatic rings. The van der Waals surface area contributed by atoms with E-state index in [4.69, 9.17) is 8.92 Å². The van der Waals surface area contributed by atoms with Crippen molar-refractivity contribution in [1.29, 1.82) is 0 Å². The molecule has 0 unspecified atom stereocenters.